The number of amides is 3. The van der Waals surface area contributed by atoms with Crippen molar-refractivity contribution in [2.75, 3.05) is 13.1 Å². The number of nitrogens with one attached hydrogen (secondary N) is 2. The minimum Gasteiger partial charge on any atom is -0.480 e. The molecule has 5 N–H and O–H groups in total. The molecule has 160 valence electrons. The average molecular weight is 399 g/mol. The van der Waals surface area contributed by atoms with E-state index in [1.54, 1.807) is 0 Å². The Morgan fingerprint density at radius 3 is 2.25 bits per heavy atom. The van der Waals surface area contributed by atoms with Gasteiger partial charge in [-0.15, -0.1) is 0 Å². The van der Waals surface area contributed by atoms with E-state index in [9.17, 15) is 24.3 Å². The maximum atomic E-state index is 12.6. The molecule has 5 atom stereocenters. The third-order valence-corrected chi connectivity index (χ3v) is 5.63. The fourth-order valence-electron chi connectivity index (χ4n) is 3.16. The highest BCUT2D eigenvalue weighted by Crippen LogP contribution is 2.17. The van der Waals surface area contributed by atoms with Crippen LogP contribution >= 0.6 is 0 Å². The number of carbonyl (C=O) groups excluding carboxylic acids is 3. The molecule has 9 nitrogen and oxygen atoms in total. The van der Waals surface area contributed by atoms with E-state index >= 15 is 0 Å². The Kier molecular flexibility index (Phi) is 9.37. The van der Waals surface area contributed by atoms with Crippen molar-refractivity contribution in [3.8, 4) is 0 Å². The van der Waals surface area contributed by atoms with Crippen molar-refractivity contribution >= 4 is 23.7 Å². The Balaban J connectivity index is 2.71. The summed E-state index contributed by atoms with van der Waals surface area (Å²) in [5, 5.41) is 14.4. The van der Waals surface area contributed by atoms with E-state index in [0.29, 0.717) is 25.8 Å². The quantitative estimate of drug-likeness (QED) is 0.411. The molecule has 1 fully saturated rings. The molecule has 0 aromatic heterocycles. The Labute approximate surface area is 166 Å². The summed E-state index contributed by atoms with van der Waals surface area (Å²) in [4.78, 5) is 49.8. The zero-order valence-electron chi connectivity index (χ0n) is 17.2. The van der Waals surface area contributed by atoms with Gasteiger partial charge < -0.3 is 26.4 Å². The Bertz CT molecular complexity index is 583. The van der Waals surface area contributed by atoms with Gasteiger partial charge in [0.1, 0.15) is 12.1 Å². The second-order valence-electron chi connectivity index (χ2n) is 7.58. The molecule has 5 unspecified atom stereocenters. The number of hydrogen-bond donors (Lipinski definition) is 4. The molecule has 1 saturated heterocycles. The van der Waals surface area contributed by atoms with Crippen LogP contribution in [0.2, 0.25) is 0 Å². The van der Waals surface area contributed by atoms with Crippen molar-refractivity contribution < 1.29 is 24.3 Å². The second kappa shape index (κ2) is 11.0. The van der Waals surface area contributed by atoms with Gasteiger partial charge in [-0.25, -0.2) is 4.79 Å². The van der Waals surface area contributed by atoms with E-state index in [0.717, 1.165) is 6.42 Å². The molecule has 0 spiro atoms. The second-order valence-corrected chi connectivity index (χ2v) is 7.58. The molecular weight excluding hydrogens is 364 g/mol. The molecule has 1 heterocycles. The minimum atomic E-state index is -1.04. The van der Waals surface area contributed by atoms with Gasteiger partial charge in [0.25, 0.3) is 0 Å². The van der Waals surface area contributed by atoms with Crippen molar-refractivity contribution in [3.05, 3.63) is 0 Å². The van der Waals surface area contributed by atoms with Crippen LogP contribution in [0.15, 0.2) is 0 Å². The van der Waals surface area contributed by atoms with Crippen LogP contribution in [-0.2, 0) is 19.2 Å². The summed E-state index contributed by atoms with van der Waals surface area (Å²) in [6.07, 6.45) is 2.42. The van der Waals surface area contributed by atoms with Gasteiger partial charge in [0.15, 0.2) is 0 Å². The topological polar surface area (TPSA) is 142 Å². The smallest absolute Gasteiger partial charge is 0.326 e. The third-order valence-electron chi connectivity index (χ3n) is 5.63. The normalized spacial score (nSPS) is 20.8. The first kappa shape index (κ1) is 23.9. The Morgan fingerprint density at radius 1 is 1.11 bits per heavy atom. The van der Waals surface area contributed by atoms with Gasteiger partial charge in [-0.2, -0.15) is 0 Å². The lowest BCUT2D eigenvalue weighted by Crippen LogP contribution is -2.56. The lowest BCUT2D eigenvalue weighted by atomic mass is 9.95. The number of hydrogen-bond acceptors (Lipinski definition) is 5. The van der Waals surface area contributed by atoms with Gasteiger partial charge in [0, 0.05) is 6.54 Å². The van der Waals surface area contributed by atoms with E-state index in [1.165, 1.54) is 4.90 Å². The van der Waals surface area contributed by atoms with Crippen LogP contribution in [0.5, 0.6) is 0 Å². The summed E-state index contributed by atoms with van der Waals surface area (Å²) in [5.74, 6) is -2.53. The predicted molar refractivity (Wildman–Crippen MR) is 104 cm³/mol. The summed E-state index contributed by atoms with van der Waals surface area (Å²) in [7, 11) is 0. The highest BCUT2D eigenvalue weighted by atomic mass is 16.4. The van der Waals surface area contributed by atoms with E-state index < -0.39 is 41.8 Å². The van der Waals surface area contributed by atoms with Gasteiger partial charge >= 0.3 is 5.97 Å². The Morgan fingerprint density at radius 2 is 1.71 bits per heavy atom. The fraction of sp³-hybridized carbons (Fsp3) is 0.789. The highest BCUT2D eigenvalue weighted by Gasteiger charge is 2.35. The molecule has 0 radical (unpaired) electrons. The lowest BCUT2D eigenvalue weighted by molar-refractivity contribution is -0.148. The zero-order valence-corrected chi connectivity index (χ0v) is 17.2. The number of carboxylic acids is 1. The fourth-order valence-corrected chi connectivity index (χ4v) is 3.16. The van der Waals surface area contributed by atoms with Crippen molar-refractivity contribution in [1.82, 2.24) is 15.5 Å². The molecule has 1 rings (SSSR count). The number of carbonyl (C=O) groups is 4. The Hall–Kier alpha value is -2.16. The van der Waals surface area contributed by atoms with Crippen LogP contribution in [0.1, 0.15) is 53.4 Å². The predicted octanol–water partition coefficient (Wildman–Crippen LogP) is 0.0825. The van der Waals surface area contributed by atoms with Crippen molar-refractivity contribution in [1.29, 1.82) is 0 Å². The van der Waals surface area contributed by atoms with Crippen LogP contribution in [-0.4, -0.2) is 64.9 Å². The zero-order chi connectivity index (χ0) is 21.4. The summed E-state index contributed by atoms with van der Waals surface area (Å²) in [6, 6.07) is -2.37. The number of aliphatic carboxylic acids is 1. The van der Waals surface area contributed by atoms with Gasteiger partial charge in [0.05, 0.1) is 12.6 Å². The summed E-state index contributed by atoms with van der Waals surface area (Å²) < 4.78 is 0. The number of nitrogens with zero attached hydrogens (tertiary/aromatic N) is 1. The molecule has 3 amide bonds. The SMILES string of the molecule is CCC(C)C(N)C(=O)NC(C(=O)NCC(=O)N1CCCC1C(=O)O)C(C)CC. The van der Waals surface area contributed by atoms with Gasteiger partial charge in [-0.3, -0.25) is 14.4 Å². The standard InChI is InChI=1S/C19H34N4O5/c1-5-11(3)15(20)17(25)22-16(12(4)6-2)18(26)21-10-14(24)23-9-7-8-13(23)19(27)28/h11-13,15-16H,5-10,20H2,1-4H3,(H,21,26)(H,22,25)(H,27,28). The molecular formula is C19H34N4O5. The van der Waals surface area contributed by atoms with Crippen LogP contribution in [0.4, 0.5) is 0 Å². The third kappa shape index (κ3) is 6.19. The summed E-state index contributed by atoms with van der Waals surface area (Å²) in [6.45, 7) is 7.60. The molecule has 1 aliphatic heterocycles. The lowest BCUT2D eigenvalue weighted by Gasteiger charge is -2.27. The van der Waals surface area contributed by atoms with Crippen molar-refractivity contribution in [3.63, 3.8) is 0 Å². The van der Waals surface area contributed by atoms with Crippen LogP contribution in [0, 0.1) is 11.8 Å². The highest BCUT2D eigenvalue weighted by molar-refractivity contribution is 5.93. The molecule has 0 aromatic rings. The number of nitrogens with two attached hydrogens (primary N) is 1. The van der Waals surface area contributed by atoms with Crippen LogP contribution < -0.4 is 16.4 Å². The molecule has 0 aliphatic carbocycles. The molecule has 28 heavy (non-hydrogen) atoms. The molecule has 0 bridgehead atoms. The van der Waals surface area contributed by atoms with Gasteiger partial charge in [-0.1, -0.05) is 40.5 Å². The molecule has 9 heteroatoms. The number of likely N-dealkylation sites (tertiary alicyclic amines) is 1. The van der Waals surface area contributed by atoms with Gasteiger partial charge in [-0.05, 0) is 24.7 Å². The van der Waals surface area contributed by atoms with Crippen LogP contribution in [0.3, 0.4) is 0 Å². The van der Waals surface area contributed by atoms with E-state index in [1.807, 2.05) is 27.7 Å². The first-order chi connectivity index (χ1) is 13.1. The number of rotatable bonds is 10. The van der Waals surface area contributed by atoms with Crippen molar-refractivity contribution in [2.24, 2.45) is 17.6 Å². The molecule has 0 aromatic carbocycles. The molecule has 1 aliphatic rings. The number of carboxylic acid groups (broad SMARTS) is 1. The summed E-state index contributed by atoms with van der Waals surface area (Å²) in [5.41, 5.74) is 5.95. The van der Waals surface area contributed by atoms with E-state index in [-0.39, 0.29) is 18.4 Å². The van der Waals surface area contributed by atoms with Gasteiger partial charge in [0.2, 0.25) is 17.7 Å². The maximum Gasteiger partial charge on any atom is 0.326 e. The van der Waals surface area contributed by atoms with E-state index in [4.69, 9.17) is 5.73 Å². The van der Waals surface area contributed by atoms with E-state index in [2.05, 4.69) is 10.6 Å². The molecule has 0 saturated carbocycles. The van der Waals surface area contributed by atoms with Crippen LogP contribution in [0.25, 0.3) is 0 Å². The average Bonchev–Trinajstić information content (AvgIpc) is 3.18. The van der Waals surface area contributed by atoms with Crippen molar-refractivity contribution in [2.45, 2.75) is 71.5 Å². The first-order valence-corrected chi connectivity index (χ1v) is 9.99. The minimum absolute atomic E-state index is 0.0228. The largest absolute Gasteiger partial charge is 0.480 e. The first-order valence-electron chi connectivity index (χ1n) is 9.99. The summed E-state index contributed by atoms with van der Waals surface area (Å²) >= 11 is 0. The maximum absolute atomic E-state index is 12.6. The monoisotopic (exact) mass is 398 g/mol.